The lowest BCUT2D eigenvalue weighted by Crippen LogP contribution is -2.43. The first-order chi connectivity index (χ1) is 14.0. The van der Waals surface area contributed by atoms with Gasteiger partial charge in [0, 0.05) is 13.1 Å². The van der Waals surface area contributed by atoms with Gasteiger partial charge in [-0.05, 0) is 45.7 Å². The van der Waals surface area contributed by atoms with E-state index in [0.717, 1.165) is 6.07 Å². The van der Waals surface area contributed by atoms with Gasteiger partial charge in [-0.2, -0.15) is 0 Å². The van der Waals surface area contributed by atoms with Crippen LogP contribution in [0.4, 0.5) is 19.7 Å². The SMILES string of the molecule is CC(C)(C)OC(=O)N1CCC(C(=O)OCC(=O)NC(=O)Nc2ccccc2F)CC1. The Labute approximate surface area is 173 Å². The molecule has 0 unspecified atom stereocenters. The molecule has 0 saturated carbocycles. The molecule has 1 aliphatic heterocycles. The van der Waals surface area contributed by atoms with Crippen LogP contribution in [-0.2, 0) is 19.1 Å². The summed E-state index contributed by atoms with van der Waals surface area (Å²) in [5, 5.41) is 4.14. The molecule has 0 aromatic heterocycles. The standard InChI is InChI=1S/C20H26FN3O6/c1-20(2,3)30-19(28)24-10-8-13(9-11-24)17(26)29-12-16(25)23-18(27)22-15-7-5-4-6-14(15)21/h4-7,13H,8-12H2,1-3H3,(H2,22,23,25,27). The summed E-state index contributed by atoms with van der Waals surface area (Å²) in [6, 6.07) is 4.54. The number of anilines is 1. The van der Waals surface area contributed by atoms with Crippen molar-refractivity contribution < 1.29 is 33.0 Å². The predicted octanol–water partition coefficient (Wildman–Crippen LogP) is 2.66. The highest BCUT2D eigenvalue weighted by Gasteiger charge is 2.31. The third-order valence-corrected chi connectivity index (χ3v) is 4.20. The second-order valence-electron chi connectivity index (χ2n) is 7.83. The zero-order valence-electron chi connectivity index (χ0n) is 17.2. The molecule has 30 heavy (non-hydrogen) atoms. The summed E-state index contributed by atoms with van der Waals surface area (Å²) < 4.78 is 23.7. The van der Waals surface area contributed by atoms with Crippen LogP contribution in [-0.4, -0.2) is 54.2 Å². The van der Waals surface area contributed by atoms with Crippen LogP contribution in [0.25, 0.3) is 0 Å². The van der Waals surface area contributed by atoms with E-state index in [-0.39, 0.29) is 5.69 Å². The Balaban J connectivity index is 1.70. The topological polar surface area (TPSA) is 114 Å². The third kappa shape index (κ3) is 7.34. The number of carbonyl (C=O) groups is 4. The molecule has 0 aliphatic carbocycles. The monoisotopic (exact) mass is 423 g/mol. The number of hydrogen-bond donors (Lipinski definition) is 2. The number of halogens is 1. The number of piperidine rings is 1. The van der Waals surface area contributed by atoms with E-state index < -0.39 is 47.9 Å². The summed E-state index contributed by atoms with van der Waals surface area (Å²) in [5.74, 6) is -2.53. The number of hydrogen-bond acceptors (Lipinski definition) is 6. The fourth-order valence-electron chi connectivity index (χ4n) is 2.76. The van der Waals surface area contributed by atoms with Crippen LogP contribution >= 0.6 is 0 Å². The van der Waals surface area contributed by atoms with Crippen molar-refractivity contribution in [2.45, 2.75) is 39.2 Å². The van der Waals surface area contributed by atoms with Crippen LogP contribution in [0.3, 0.4) is 0 Å². The highest BCUT2D eigenvalue weighted by Crippen LogP contribution is 2.20. The second-order valence-corrected chi connectivity index (χ2v) is 7.83. The molecule has 4 amide bonds. The molecule has 2 rings (SSSR count). The maximum absolute atomic E-state index is 13.5. The smallest absolute Gasteiger partial charge is 0.410 e. The van der Waals surface area contributed by atoms with Crippen LogP contribution in [0.2, 0.25) is 0 Å². The summed E-state index contributed by atoms with van der Waals surface area (Å²) in [6.45, 7) is 5.36. The van der Waals surface area contributed by atoms with E-state index in [0.29, 0.717) is 25.9 Å². The summed E-state index contributed by atoms with van der Waals surface area (Å²) >= 11 is 0. The maximum atomic E-state index is 13.5. The number of likely N-dealkylation sites (tertiary alicyclic amines) is 1. The van der Waals surface area contributed by atoms with Gasteiger partial charge in [0.15, 0.2) is 6.61 Å². The van der Waals surface area contributed by atoms with Gasteiger partial charge in [0.1, 0.15) is 11.4 Å². The van der Waals surface area contributed by atoms with Crippen molar-refractivity contribution in [1.29, 1.82) is 0 Å². The van der Waals surface area contributed by atoms with E-state index in [4.69, 9.17) is 9.47 Å². The number of amides is 4. The molecular weight excluding hydrogens is 397 g/mol. The zero-order valence-corrected chi connectivity index (χ0v) is 17.2. The number of para-hydroxylation sites is 1. The van der Waals surface area contributed by atoms with E-state index in [1.165, 1.54) is 23.1 Å². The van der Waals surface area contributed by atoms with Crippen LogP contribution in [0.15, 0.2) is 24.3 Å². The average molecular weight is 423 g/mol. The minimum Gasteiger partial charge on any atom is -0.455 e. The van der Waals surface area contributed by atoms with E-state index in [1.54, 1.807) is 20.8 Å². The Hall–Kier alpha value is -3.17. The van der Waals surface area contributed by atoms with Crippen molar-refractivity contribution in [3.8, 4) is 0 Å². The van der Waals surface area contributed by atoms with Crippen molar-refractivity contribution in [2.24, 2.45) is 5.92 Å². The predicted molar refractivity (Wildman–Crippen MR) is 105 cm³/mol. The number of nitrogens with one attached hydrogen (secondary N) is 2. The van der Waals surface area contributed by atoms with Gasteiger partial charge in [-0.3, -0.25) is 14.9 Å². The normalized spacial score (nSPS) is 14.6. The number of carbonyl (C=O) groups excluding carboxylic acids is 4. The minimum absolute atomic E-state index is 0.0865. The molecule has 1 aliphatic rings. The molecule has 9 nitrogen and oxygen atoms in total. The fourth-order valence-corrected chi connectivity index (χ4v) is 2.76. The summed E-state index contributed by atoms with van der Waals surface area (Å²) in [6.07, 6.45) is 0.329. The molecule has 10 heteroatoms. The van der Waals surface area contributed by atoms with Crippen molar-refractivity contribution in [3.63, 3.8) is 0 Å². The van der Waals surface area contributed by atoms with Crippen LogP contribution < -0.4 is 10.6 Å². The highest BCUT2D eigenvalue weighted by atomic mass is 19.1. The number of rotatable bonds is 4. The first-order valence-corrected chi connectivity index (χ1v) is 9.55. The summed E-state index contributed by atoms with van der Waals surface area (Å²) in [5.41, 5.74) is -0.685. The minimum atomic E-state index is -0.938. The van der Waals surface area contributed by atoms with Gasteiger partial charge >= 0.3 is 18.1 Å². The molecule has 0 radical (unpaired) electrons. The van der Waals surface area contributed by atoms with Crippen LogP contribution in [0.5, 0.6) is 0 Å². The maximum Gasteiger partial charge on any atom is 0.410 e. The fraction of sp³-hybridized carbons (Fsp3) is 0.500. The van der Waals surface area contributed by atoms with Gasteiger partial charge in [0.2, 0.25) is 0 Å². The average Bonchev–Trinajstić information content (AvgIpc) is 2.66. The van der Waals surface area contributed by atoms with Crippen molar-refractivity contribution in [1.82, 2.24) is 10.2 Å². The van der Waals surface area contributed by atoms with E-state index >= 15 is 0 Å². The lowest BCUT2D eigenvalue weighted by molar-refractivity contribution is -0.153. The van der Waals surface area contributed by atoms with E-state index in [2.05, 4.69) is 5.32 Å². The molecule has 1 saturated heterocycles. The number of imide groups is 1. The molecular formula is C20H26FN3O6. The van der Waals surface area contributed by atoms with Crippen molar-refractivity contribution in [2.75, 3.05) is 25.0 Å². The highest BCUT2D eigenvalue weighted by molar-refractivity contribution is 6.01. The first-order valence-electron chi connectivity index (χ1n) is 9.55. The Morgan fingerprint density at radius 1 is 1.13 bits per heavy atom. The number of nitrogens with zero attached hydrogens (tertiary/aromatic N) is 1. The first kappa shape index (κ1) is 23.1. The molecule has 0 atom stereocenters. The van der Waals surface area contributed by atoms with Crippen molar-refractivity contribution in [3.05, 3.63) is 30.1 Å². The Bertz CT molecular complexity index is 800. The molecule has 0 spiro atoms. The third-order valence-electron chi connectivity index (χ3n) is 4.20. The molecule has 164 valence electrons. The summed E-state index contributed by atoms with van der Waals surface area (Å²) in [7, 11) is 0. The molecule has 1 heterocycles. The quantitative estimate of drug-likeness (QED) is 0.720. The largest absolute Gasteiger partial charge is 0.455 e. The van der Waals surface area contributed by atoms with Crippen LogP contribution in [0, 0.1) is 11.7 Å². The Kier molecular flexibility index (Phi) is 7.73. The lowest BCUT2D eigenvalue weighted by Gasteiger charge is -2.32. The van der Waals surface area contributed by atoms with Gasteiger partial charge in [-0.15, -0.1) is 0 Å². The van der Waals surface area contributed by atoms with Crippen molar-refractivity contribution >= 4 is 29.7 Å². The van der Waals surface area contributed by atoms with Gasteiger partial charge in [0.25, 0.3) is 5.91 Å². The molecule has 1 aromatic carbocycles. The van der Waals surface area contributed by atoms with Gasteiger partial charge in [-0.25, -0.2) is 14.0 Å². The second kappa shape index (κ2) is 10.0. The number of ether oxygens (including phenoxy) is 2. The molecule has 2 N–H and O–H groups in total. The number of urea groups is 1. The van der Waals surface area contributed by atoms with Gasteiger partial charge < -0.3 is 19.7 Å². The van der Waals surface area contributed by atoms with E-state index in [1.807, 2.05) is 5.32 Å². The number of esters is 1. The van der Waals surface area contributed by atoms with E-state index in [9.17, 15) is 23.6 Å². The summed E-state index contributed by atoms with van der Waals surface area (Å²) in [4.78, 5) is 49.2. The Morgan fingerprint density at radius 2 is 1.77 bits per heavy atom. The zero-order chi connectivity index (χ0) is 22.3. The number of benzene rings is 1. The van der Waals surface area contributed by atoms with Gasteiger partial charge in [-0.1, -0.05) is 12.1 Å². The van der Waals surface area contributed by atoms with Crippen LogP contribution in [0.1, 0.15) is 33.6 Å². The Morgan fingerprint density at radius 3 is 2.37 bits per heavy atom. The molecule has 1 aromatic rings. The molecule has 1 fully saturated rings. The molecule has 0 bridgehead atoms. The lowest BCUT2D eigenvalue weighted by atomic mass is 9.97. The van der Waals surface area contributed by atoms with Gasteiger partial charge in [0.05, 0.1) is 11.6 Å².